The van der Waals surface area contributed by atoms with Crippen molar-refractivity contribution in [3.63, 3.8) is 0 Å². The Labute approximate surface area is 88.6 Å². The van der Waals surface area contributed by atoms with Crippen LogP contribution < -0.4 is 5.73 Å². The van der Waals surface area contributed by atoms with Crippen molar-refractivity contribution in [1.82, 2.24) is 15.0 Å². The molecule has 2 rings (SSSR count). The number of H-pyrrole nitrogens is 1. The molecule has 0 aliphatic rings. The van der Waals surface area contributed by atoms with Gasteiger partial charge in [-0.25, -0.2) is 9.97 Å². The zero-order valence-corrected chi connectivity index (χ0v) is 8.91. The second-order valence-electron chi connectivity index (χ2n) is 3.45. The first-order valence-corrected chi connectivity index (χ1v) is 4.98. The van der Waals surface area contributed by atoms with Crippen molar-refractivity contribution in [3.8, 4) is 11.4 Å². The summed E-state index contributed by atoms with van der Waals surface area (Å²) in [7, 11) is 0. The number of anilines is 1. The lowest BCUT2D eigenvalue weighted by Crippen LogP contribution is -1.94. The summed E-state index contributed by atoms with van der Waals surface area (Å²) < 4.78 is 0. The minimum Gasteiger partial charge on any atom is -0.383 e. The summed E-state index contributed by atoms with van der Waals surface area (Å²) in [5, 5.41) is 0. The molecule has 0 atom stereocenters. The molecule has 0 aliphatic heterocycles. The minimum absolute atomic E-state index is 0.508. The minimum atomic E-state index is 0.508. The molecule has 0 unspecified atom stereocenters. The summed E-state index contributed by atoms with van der Waals surface area (Å²) >= 11 is 0. The molecule has 0 radical (unpaired) electrons. The number of nitrogens with one attached hydrogen (secondary N) is 1. The van der Waals surface area contributed by atoms with Gasteiger partial charge in [0.1, 0.15) is 11.6 Å². The molecule has 0 spiro atoms. The van der Waals surface area contributed by atoms with E-state index in [1.54, 1.807) is 6.20 Å². The van der Waals surface area contributed by atoms with E-state index in [-0.39, 0.29) is 0 Å². The first-order valence-electron chi connectivity index (χ1n) is 4.98. The first kappa shape index (κ1) is 9.71. The number of hydrogen-bond acceptors (Lipinski definition) is 3. The highest BCUT2D eigenvalue weighted by Crippen LogP contribution is 2.22. The maximum Gasteiger partial charge on any atom is 0.141 e. The van der Waals surface area contributed by atoms with Crippen LogP contribution in [0.1, 0.15) is 18.3 Å². The molecule has 2 aromatic rings. The Morgan fingerprint density at radius 3 is 2.87 bits per heavy atom. The van der Waals surface area contributed by atoms with Crippen molar-refractivity contribution in [3.05, 3.63) is 29.7 Å². The molecule has 0 amide bonds. The molecule has 3 N–H and O–H groups in total. The number of aromatic nitrogens is 3. The fourth-order valence-corrected chi connectivity index (χ4v) is 1.59. The second kappa shape index (κ2) is 3.73. The SMILES string of the molecule is CCc1nc(-c2cccnc2N)[nH]c1C. The molecule has 15 heavy (non-hydrogen) atoms. The Balaban J connectivity index is 2.50. The van der Waals surface area contributed by atoms with Crippen LogP contribution in [-0.2, 0) is 6.42 Å². The van der Waals surface area contributed by atoms with Crippen molar-refractivity contribution in [2.75, 3.05) is 5.73 Å². The van der Waals surface area contributed by atoms with Crippen LogP contribution in [0.2, 0.25) is 0 Å². The van der Waals surface area contributed by atoms with E-state index in [2.05, 4.69) is 21.9 Å². The lowest BCUT2D eigenvalue weighted by Gasteiger charge is -1.99. The molecule has 0 fully saturated rings. The van der Waals surface area contributed by atoms with E-state index in [1.165, 1.54) is 0 Å². The monoisotopic (exact) mass is 202 g/mol. The summed E-state index contributed by atoms with van der Waals surface area (Å²) in [4.78, 5) is 11.7. The quantitative estimate of drug-likeness (QED) is 0.781. The van der Waals surface area contributed by atoms with Crippen molar-refractivity contribution in [2.24, 2.45) is 0 Å². The van der Waals surface area contributed by atoms with E-state index in [4.69, 9.17) is 5.73 Å². The van der Waals surface area contributed by atoms with Crippen LogP contribution in [0.3, 0.4) is 0 Å². The number of nitrogen functional groups attached to an aromatic ring is 1. The van der Waals surface area contributed by atoms with Crippen molar-refractivity contribution in [2.45, 2.75) is 20.3 Å². The predicted molar refractivity (Wildman–Crippen MR) is 60.3 cm³/mol. The van der Waals surface area contributed by atoms with Gasteiger partial charge in [-0.2, -0.15) is 0 Å². The van der Waals surface area contributed by atoms with Gasteiger partial charge < -0.3 is 10.7 Å². The maximum atomic E-state index is 5.78. The number of aryl methyl sites for hydroxylation is 2. The van der Waals surface area contributed by atoms with E-state index in [0.29, 0.717) is 5.82 Å². The van der Waals surface area contributed by atoms with Gasteiger partial charge in [-0.1, -0.05) is 6.92 Å². The fraction of sp³-hybridized carbons (Fsp3) is 0.273. The molecule has 0 aromatic carbocycles. The topological polar surface area (TPSA) is 67.6 Å². The molecular weight excluding hydrogens is 188 g/mol. The fourth-order valence-electron chi connectivity index (χ4n) is 1.59. The van der Waals surface area contributed by atoms with E-state index in [1.807, 2.05) is 19.1 Å². The van der Waals surface area contributed by atoms with Crippen LogP contribution in [-0.4, -0.2) is 15.0 Å². The number of imidazole rings is 1. The van der Waals surface area contributed by atoms with Gasteiger partial charge in [0.05, 0.1) is 11.3 Å². The van der Waals surface area contributed by atoms with Gasteiger partial charge in [0, 0.05) is 11.9 Å². The highest BCUT2D eigenvalue weighted by molar-refractivity contribution is 5.68. The Kier molecular flexibility index (Phi) is 2.41. The summed E-state index contributed by atoms with van der Waals surface area (Å²) in [6.07, 6.45) is 2.60. The van der Waals surface area contributed by atoms with E-state index in [9.17, 15) is 0 Å². The van der Waals surface area contributed by atoms with Crippen LogP contribution in [0.5, 0.6) is 0 Å². The molecule has 0 aliphatic carbocycles. The van der Waals surface area contributed by atoms with Crippen LogP contribution in [0.15, 0.2) is 18.3 Å². The number of hydrogen-bond donors (Lipinski definition) is 2. The van der Waals surface area contributed by atoms with E-state index in [0.717, 1.165) is 29.2 Å². The summed E-state index contributed by atoms with van der Waals surface area (Å²) in [6.45, 7) is 4.10. The molecule has 0 saturated heterocycles. The van der Waals surface area contributed by atoms with Crippen LogP contribution in [0.25, 0.3) is 11.4 Å². The smallest absolute Gasteiger partial charge is 0.141 e. The number of pyridine rings is 1. The van der Waals surface area contributed by atoms with Crippen molar-refractivity contribution >= 4 is 5.82 Å². The summed E-state index contributed by atoms with van der Waals surface area (Å²) in [5.74, 6) is 1.31. The Hall–Kier alpha value is -1.84. The van der Waals surface area contributed by atoms with Gasteiger partial charge in [-0.05, 0) is 25.5 Å². The zero-order valence-electron chi connectivity index (χ0n) is 8.91. The highest BCUT2D eigenvalue weighted by Gasteiger charge is 2.09. The first-order chi connectivity index (χ1) is 7.22. The molecule has 0 saturated carbocycles. The Morgan fingerprint density at radius 2 is 2.27 bits per heavy atom. The summed E-state index contributed by atoms with van der Waals surface area (Å²) in [5.41, 5.74) is 8.81. The Morgan fingerprint density at radius 1 is 1.47 bits per heavy atom. The Bertz CT molecular complexity index is 473. The summed E-state index contributed by atoms with van der Waals surface area (Å²) in [6, 6.07) is 3.77. The number of aromatic amines is 1. The molecule has 4 heteroatoms. The third-order valence-corrected chi connectivity index (χ3v) is 2.41. The average Bonchev–Trinajstić information content (AvgIpc) is 2.60. The standard InChI is InChI=1S/C11H14N4/c1-3-9-7(2)14-11(15-9)8-5-4-6-13-10(8)12/h4-6H,3H2,1-2H3,(H2,12,13)(H,14,15). The average molecular weight is 202 g/mol. The van der Waals surface area contributed by atoms with Crippen molar-refractivity contribution < 1.29 is 0 Å². The van der Waals surface area contributed by atoms with Gasteiger partial charge in [0.15, 0.2) is 0 Å². The van der Waals surface area contributed by atoms with Gasteiger partial charge in [0.2, 0.25) is 0 Å². The molecular formula is C11H14N4. The second-order valence-corrected chi connectivity index (χ2v) is 3.45. The van der Waals surface area contributed by atoms with Crippen LogP contribution >= 0.6 is 0 Å². The van der Waals surface area contributed by atoms with E-state index < -0.39 is 0 Å². The lowest BCUT2D eigenvalue weighted by atomic mass is 10.2. The number of nitrogens with two attached hydrogens (primary N) is 1. The van der Waals surface area contributed by atoms with E-state index >= 15 is 0 Å². The van der Waals surface area contributed by atoms with Gasteiger partial charge >= 0.3 is 0 Å². The largest absolute Gasteiger partial charge is 0.383 e. The number of rotatable bonds is 2. The predicted octanol–water partition coefficient (Wildman–Crippen LogP) is 1.92. The van der Waals surface area contributed by atoms with Gasteiger partial charge in [-0.15, -0.1) is 0 Å². The van der Waals surface area contributed by atoms with Crippen LogP contribution in [0, 0.1) is 6.92 Å². The third kappa shape index (κ3) is 1.70. The molecule has 2 heterocycles. The van der Waals surface area contributed by atoms with Crippen LogP contribution in [0.4, 0.5) is 5.82 Å². The lowest BCUT2D eigenvalue weighted by molar-refractivity contribution is 1.04. The molecule has 2 aromatic heterocycles. The normalized spacial score (nSPS) is 10.5. The molecule has 4 nitrogen and oxygen atoms in total. The van der Waals surface area contributed by atoms with Crippen molar-refractivity contribution in [1.29, 1.82) is 0 Å². The molecule has 0 bridgehead atoms. The third-order valence-electron chi connectivity index (χ3n) is 2.41. The van der Waals surface area contributed by atoms with Gasteiger partial charge in [0.25, 0.3) is 0 Å². The molecule has 78 valence electrons. The highest BCUT2D eigenvalue weighted by atomic mass is 14.9. The number of nitrogens with zero attached hydrogens (tertiary/aromatic N) is 2. The maximum absolute atomic E-state index is 5.78. The zero-order chi connectivity index (χ0) is 10.8. The van der Waals surface area contributed by atoms with Gasteiger partial charge in [-0.3, -0.25) is 0 Å².